The number of aromatic nitrogens is 2. The highest BCUT2D eigenvalue weighted by molar-refractivity contribution is 5.98. The van der Waals surface area contributed by atoms with Gasteiger partial charge in [-0.05, 0) is 50.3 Å². The summed E-state index contributed by atoms with van der Waals surface area (Å²) in [4.78, 5) is 27.9. The van der Waals surface area contributed by atoms with E-state index in [1.165, 1.54) is 0 Å². The molecule has 0 saturated heterocycles. The minimum Gasteiger partial charge on any atom is -0.331 e. The number of benzene rings is 2. The van der Waals surface area contributed by atoms with E-state index >= 15 is 0 Å². The van der Waals surface area contributed by atoms with Gasteiger partial charge in [0, 0.05) is 18.0 Å². The summed E-state index contributed by atoms with van der Waals surface area (Å²) in [6, 6.07) is 17.8. The van der Waals surface area contributed by atoms with Gasteiger partial charge >= 0.3 is 0 Å². The van der Waals surface area contributed by atoms with Crippen molar-refractivity contribution < 1.29 is 9.59 Å². The predicted octanol–water partition coefficient (Wildman–Crippen LogP) is 5.77. The Kier molecular flexibility index (Phi) is 7.60. The average Bonchev–Trinajstić information content (AvgIpc) is 3.06. The Bertz CT molecular complexity index is 1160. The van der Waals surface area contributed by atoms with Gasteiger partial charge in [-0.2, -0.15) is 5.10 Å². The normalized spacial score (nSPS) is 11.5. The molecule has 0 spiro atoms. The number of nitrogens with one attached hydrogen (secondary N) is 1. The van der Waals surface area contributed by atoms with Crippen molar-refractivity contribution in [2.75, 3.05) is 11.9 Å². The summed E-state index contributed by atoms with van der Waals surface area (Å²) >= 11 is 0. The molecule has 1 N–H and O–H groups in total. The van der Waals surface area contributed by atoms with E-state index in [1.807, 2.05) is 103 Å². The molecule has 0 unspecified atom stereocenters. The zero-order valence-electron chi connectivity index (χ0n) is 21.3. The van der Waals surface area contributed by atoms with Gasteiger partial charge in [0.25, 0.3) is 0 Å². The molecule has 0 radical (unpaired) electrons. The highest BCUT2D eigenvalue weighted by Crippen LogP contribution is 2.34. The van der Waals surface area contributed by atoms with Crippen LogP contribution in [0, 0.1) is 19.3 Å². The molecular weight excluding hydrogens is 424 g/mol. The fourth-order valence-corrected chi connectivity index (χ4v) is 4.01. The molecular formula is C28H36N4O2. The van der Waals surface area contributed by atoms with Crippen molar-refractivity contribution in [3.8, 4) is 16.8 Å². The highest BCUT2D eigenvalue weighted by atomic mass is 16.2. The monoisotopic (exact) mass is 460 g/mol. The minimum atomic E-state index is -0.247. The summed E-state index contributed by atoms with van der Waals surface area (Å²) in [7, 11) is 0. The maximum absolute atomic E-state index is 13.3. The van der Waals surface area contributed by atoms with Gasteiger partial charge in [0.15, 0.2) is 0 Å². The van der Waals surface area contributed by atoms with Gasteiger partial charge < -0.3 is 10.2 Å². The van der Waals surface area contributed by atoms with Gasteiger partial charge in [-0.3, -0.25) is 9.59 Å². The first kappa shape index (κ1) is 25.2. The molecule has 0 fully saturated rings. The van der Waals surface area contributed by atoms with Crippen molar-refractivity contribution in [3.63, 3.8) is 0 Å². The molecule has 2 amide bonds. The van der Waals surface area contributed by atoms with E-state index in [9.17, 15) is 9.59 Å². The Balaban J connectivity index is 2.00. The third-order valence-electron chi connectivity index (χ3n) is 5.66. The van der Waals surface area contributed by atoms with Crippen LogP contribution in [0.1, 0.15) is 52.3 Å². The van der Waals surface area contributed by atoms with Crippen LogP contribution in [0.2, 0.25) is 0 Å². The molecule has 0 aliphatic carbocycles. The molecule has 180 valence electrons. The Hall–Kier alpha value is -3.41. The average molecular weight is 461 g/mol. The lowest BCUT2D eigenvalue weighted by Crippen LogP contribution is -2.43. The lowest BCUT2D eigenvalue weighted by Gasteiger charge is -2.29. The Morgan fingerprint density at radius 2 is 1.62 bits per heavy atom. The van der Waals surface area contributed by atoms with E-state index < -0.39 is 0 Å². The number of anilines is 1. The fourth-order valence-electron chi connectivity index (χ4n) is 4.01. The maximum Gasteiger partial charge on any atom is 0.245 e. The standard InChI is InChI=1S/C28H36N4O2/c1-19(2)31(25(34)17-28(5,6)7)18-24(33)29-27-26(22-14-9-8-10-15-22)21(4)30-32(27)23-16-12-11-13-20(23)3/h8-16,19H,17-18H2,1-7H3,(H,29,33). The van der Waals surface area contributed by atoms with Crippen LogP contribution in [-0.2, 0) is 9.59 Å². The van der Waals surface area contributed by atoms with Gasteiger partial charge in [0.1, 0.15) is 12.4 Å². The minimum absolute atomic E-state index is 0.0151. The van der Waals surface area contributed by atoms with Gasteiger partial charge in [-0.25, -0.2) is 4.68 Å². The zero-order valence-corrected chi connectivity index (χ0v) is 21.3. The smallest absolute Gasteiger partial charge is 0.245 e. The van der Waals surface area contributed by atoms with Crippen molar-refractivity contribution in [1.29, 1.82) is 0 Å². The van der Waals surface area contributed by atoms with Gasteiger partial charge in [0.2, 0.25) is 11.8 Å². The number of carbonyl (C=O) groups is 2. The number of para-hydroxylation sites is 1. The molecule has 0 aliphatic heterocycles. The van der Waals surface area contributed by atoms with Crippen LogP contribution in [0.4, 0.5) is 5.82 Å². The van der Waals surface area contributed by atoms with E-state index in [-0.39, 0.29) is 29.8 Å². The van der Waals surface area contributed by atoms with Crippen molar-refractivity contribution in [2.24, 2.45) is 5.41 Å². The van der Waals surface area contributed by atoms with E-state index in [1.54, 1.807) is 9.58 Å². The van der Waals surface area contributed by atoms with Crippen molar-refractivity contribution in [2.45, 2.75) is 60.9 Å². The largest absolute Gasteiger partial charge is 0.331 e. The summed E-state index contributed by atoms with van der Waals surface area (Å²) in [6.45, 7) is 13.9. The van der Waals surface area contributed by atoms with E-state index in [2.05, 4.69) is 5.32 Å². The molecule has 6 heteroatoms. The molecule has 6 nitrogen and oxygen atoms in total. The molecule has 3 rings (SSSR count). The first-order chi connectivity index (χ1) is 16.0. The van der Waals surface area contributed by atoms with Crippen LogP contribution in [0.15, 0.2) is 54.6 Å². The Morgan fingerprint density at radius 3 is 2.21 bits per heavy atom. The molecule has 0 saturated carbocycles. The fraction of sp³-hybridized carbons (Fsp3) is 0.393. The van der Waals surface area contributed by atoms with Crippen LogP contribution in [-0.4, -0.2) is 39.1 Å². The number of aryl methyl sites for hydroxylation is 2. The molecule has 0 bridgehead atoms. The summed E-state index contributed by atoms with van der Waals surface area (Å²) in [5.41, 5.74) is 4.45. The SMILES string of the molecule is Cc1ccccc1-n1nc(C)c(-c2ccccc2)c1NC(=O)CN(C(=O)CC(C)(C)C)C(C)C. The summed E-state index contributed by atoms with van der Waals surface area (Å²) < 4.78 is 1.79. The third kappa shape index (κ3) is 5.93. The predicted molar refractivity (Wildman–Crippen MR) is 138 cm³/mol. The van der Waals surface area contributed by atoms with Gasteiger partial charge in [0.05, 0.1) is 11.4 Å². The molecule has 0 atom stereocenters. The Morgan fingerprint density at radius 1 is 1.00 bits per heavy atom. The van der Waals surface area contributed by atoms with Crippen molar-refractivity contribution in [3.05, 3.63) is 65.9 Å². The Labute approximate surface area is 203 Å². The summed E-state index contributed by atoms with van der Waals surface area (Å²) in [5.74, 6) is 0.336. The highest BCUT2D eigenvalue weighted by Gasteiger charge is 2.26. The quantitative estimate of drug-likeness (QED) is 0.487. The molecule has 3 aromatic rings. The second-order valence-corrected chi connectivity index (χ2v) is 10.3. The number of hydrogen-bond donors (Lipinski definition) is 1. The number of amides is 2. The topological polar surface area (TPSA) is 67.2 Å². The van der Waals surface area contributed by atoms with Gasteiger partial charge in [-0.1, -0.05) is 69.3 Å². The molecule has 34 heavy (non-hydrogen) atoms. The molecule has 2 aromatic carbocycles. The lowest BCUT2D eigenvalue weighted by molar-refractivity contribution is -0.138. The van der Waals surface area contributed by atoms with Crippen LogP contribution in [0.25, 0.3) is 16.8 Å². The first-order valence-corrected chi connectivity index (χ1v) is 11.8. The maximum atomic E-state index is 13.3. The summed E-state index contributed by atoms with van der Waals surface area (Å²) in [5, 5.41) is 7.89. The van der Waals surface area contributed by atoms with E-state index in [4.69, 9.17) is 5.10 Å². The molecule has 0 aliphatic rings. The second-order valence-electron chi connectivity index (χ2n) is 10.3. The number of rotatable bonds is 7. The van der Waals surface area contributed by atoms with Crippen molar-refractivity contribution in [1.82, 2.24) is 14.7 Å². The zero-order chi connectivity index (χ0) is 25.0. The van der Waals surface area contributed by atoms with E-state index in [0.717, 1.165) is 28.1 Å². The van der Waals surface area contributed by atoms with Crippen LogP contribution >= 0.6 is 0 Å². The van der Waals surface area contributed by atoms with Crippen LogP contribution in [0.5, 0.6) is 0 Å². The number of nitrogens with zero attached hydrogens (tertiary/aromatic N) is 3. The number of carbonyl (C=O) groups excluding carboxylic acids is 2. The second kappa shape index (κ2) is 10.2. The number of hydrogen-bond acceptors (Lipinski definition) is 3. The van der Waals surface area contributed by atoms with Crippen LogP contribution in [0.3, 0.4) is 0 Å². The van der Waals surface area contributed by atoms with E-state index in [0.29, 0.717) is 12.2 Å². The first-order valence-electron chi connectivity index (χ1n) is 11.8. The summed E-state index contributed by atoms with van der Waals surface area (Å²) in [6.07, 6.45) is 0.383. The van der Waals surface area contributed by atoms with Gasteiger partial charge in [-0.15, -0.1) is 0 Å². The molecule has 1 heterocycles. The third-order valence-corrected chi connectivity index (χ3v) is 5.66. The van der Waals surface area contributed by atoms with Crippen LogP contribution < -0.4 is 5.32 Å². The molecule has 1 aromatic heterocycles. The van der Waals surface area contributed by atoms with Crippen molar-refractivity contribution >= 4 is 17.6 Å². The lowest BCUT2D eigenvalue weighted by atomic mass is 9.91.